The first-order chi connectivity index (χ1) is 9.59. The summed E-state index contributed by atoms with van der Waals surface area (Å²) in [7, 11) is 0.840. The van der Waals surface area contributed by atoms with E-state index in [0.717, 1.165) is 11.0 Å². The van der Waals surface area contributed by atoms with E-state index in [0.29, 0.717) is 10.5 Å². The predicted molar refractivity (Wildman–Crippen MR) is 85.5 cm³/mol. The molecule has 114 valence electrons. The highest BCUT2D eigenvalue weighted by Crippen LogP contribution is 2.37. The minimum absolute atomic E-state index is 0.388. The third-order valence-corrected chi connectivity index (χ3v) is 4.60. The Labute approximate surface area is 131 Å². The Morgan fingerprint density at radius 2 is 1.71 bits per heavy atom. The van der Waals surface area contributed by atoms with Crippen LogP contribution in [0.1, 0.15) is 43.6 Å². The number of thiol groups is 1. The van der Waals surface area contributed by atoms with Gasteiger partial charge in [0.05, 0.1) is 23.9 Å². The lowest BCUT2D eigenvalue weighted by Gasteiger charge is -2.32. The number of carbonyl (C=O) groups is 1. The fourth-order valence-electron chi connectivity index (χ4n) is 2.26. The third kappa shape index (κ3) is 2.85. The monoisotopic (exact) mass is 308 g/mol. The number of rotatable bonds is 2. The van der Waals surface area contributed by atoms with Gasteiger partial charge in [0.2, 0.25) is 0 Å². The molecule has 4 nitrogen and oxygen atoms in total. The summed E-state index contributed by atoms with van der Waals surface area (Å²) < 4.78 is 16.9. The summed E-state index contributed by atoms with van der Waals surface area (Å²) in [5.74, 6) is -0.388. The molecule has 1 fully saturated rings. The summed E-state index contributed by atoms with van der Waals surface area (Å²) in [6.45, 7) is 9.84. The van der Waals surface area contributed by atoms with Crippen molar-refractivity contribution in [1.29, 1.82) is 0 Å². The zero-order valence-electron chi connectivity index (χ0n) is 13.3. The van der Waals surface area contributed by atoms with E-state index in [1.807, 2.05) is 40.7 Å². The Kier molecular flexibility index (Phi) is 4.17. The zero-order valence-corrected chi connectivity index (χ0v) is 14.2. The highest BCUT2D eigenvalue weighted by atomic mass is 32.1. The van der Waals surface area contributed by atoms with Gasteiger partial charge in [-0.3, -0.25) is 0 Å². The van der Waals surface area contributed by atoms with Crippen LogP contribution in [0.15, 0.2) is 17.0 Å². The van der Waals surface area contributed by atoms with Crippen molar-refractivity contribution >= 4 is 31.2 Å². The van der Waals surface area contributed by atoms with E-state index in [1.165, 1.54) is 7.11 Å². The van der Waals surface area contributed by atoms with Crippen molar-refractivity contribution < 1.29 is 18.8 Å². The maximum absolute atomic E-state index is 11.9. The average molecular weight is 308 g/mol. The highest BCUT2D eigenvalue weighted by Gasteiger charge is 2.52. The summed E-state index contributed by atoms with van der Waals surface area (Å²) in [4.78, 5) is 12.5. The fraction of sp³-hybridized carbons (Fsp3) is 0.533. The molecule has 21 heavy (non-hydrogen) atoms. The van der Waals surface area contributed by atoms with Crippen LogP contribution in [-0.2, 0) is 14.0 Å². The van der Waals surface area contributed by atoms with Crippen LogP contribution >= 0.6 is 12.6 Å². The molecule has 2 rings (SSSR count). The normalized spacial score (nSPS) is 19.7. The van der Waals surface area contributed by atoms with Gasteiger partial charge < -0.3 is 14.0 Å². The van der Waals surface area contributed by atoms with Crippen LogP contribution in [0.5, 0.6) is 0 Å². The maximum atomic E-state index is 11.9. The Morgan fingerprint density at radius 1 is 1.19 bits per heavy atom. The van der Waals surface area contributed by atoms with Gasteiger partial charge in [-0.05, 0) is 57.8 Å². The number of carbonyl (C=O) groups excluding carboxylic acids is 1. The molecule has 1 aromatic carbocycles. The third-order valence-electron chi connectivity index (χ3n) is 4.35. The van der Waals surface area contributed by atoms with Crippen LogP contribution in [0.25, 0.3) is 0 Å². The number of methoxy groups -OCH3 is 1. The molecule has 1 aromatic rings. The minimum Gasteiger partial charge on any atom is -0.465 e. The minimum atomic E-state index is -0.523. The zero-order chi connectivity index (χ0) is 16.0. The lowest BCUT2D eigenvalue weighted by atomic mass is 9.75. The molecule has 0 aromatic heterocycles. The molecule has 0 radical (unpaired) electrons. The molecule has 0 atom stereocenters. The Hall–Kier alpha value is -0.975. The second-order valence-corrected chi connectivity index (χ2v) is 6.80. The highest BCUT2D eigenvalue weighted by molar-refractivity contribution is 7.80. The van der Waals surface area contributed by atoms with Crippen LogP contribution in [0.3, 0.4) is 0 Å². The summed E-state index contributed by atoms with van der Waals surface area (Å²) in [5.41, 5.74) is 1.22. The van der Waals surface area contributed by atoms with Gasteiger partial charge >= 0.3 is 13.1 Å². The smallest absolute Gasteiger partial charge is 0.465 e. The Morgan fingerprint density at radius 3 is 2.19 bits per heavy atom. The molecule has 0 aliphatic carbocycles. The van der Waals surface area contributed by atoms with E-state index in [1.54, 1.807) is 6.07 Å². The number of benzene rings is 1. The molecule has 1 heterocycles. The van der Waals surface area contributed by atoms with E-state index in [9.17, 15) is 4.79 Å². The quantitative estimate of drug-likeness (QED) is 0.517. The molecule has 0 spiro atoms. The van der Waals surface area contributed by atoms with Gasteiger partial charge in [-0.25, -0.2) is 4.79 Å². The van der Waals surface area contributed by atoms with Crippen LogP contribution in [-0.4, -0.2) is 31.4 Å². The topological polar surface area (TPSA) is 44.8 Å². The van der Waals surface area contributed by atoms with E-state index < -0.39 is 18.3 Å². The summed E-state index contributed by atoms with van der Waals surface area (Å²) in [5, 5.41) is 0. The number of hydrogen-bond acceptors (Lipinski definition) is 5. The van der Waals surface area contributed by atoms with E-state index in [2.05, 4.69) is 12.6 Å². The summed E-state index contributed by atoms with van der Waals surface area (Å²) in [6.07, 6.45) is 0. The molecule has 1 aliphatic heterocycles. The predicted octanol–water partition coefficient (Wildman–Crippen LogP) is 2.37. The number of esters is 1. The molecule has 1 aliphatic rings. The molecule has 1 saturated heterocycles. The summed E-state index contributed by atoms with van der Waals surface area (Å²) in [6, 6.07) is 3.56. The lowest BCUT2D eigenvalue weighted by molar-refractivity contribution is 0.00578. The van der Waals surface area contributed by atoms with Crippen molar-refractivity contribution in [3.05, 3.63) is 23.3 Å². The first-order valence-electron chi connectivity index (χ1n) is 6.86. The van der Waals surface area contributed by atoms with Crippen LogP contribution < -0.4 is 5.46 Å². The molecule has 0 saturated carbocycles. The summed E-state index contributed by atoms with van der Waals surface area (Å²) >= 11 is 4.36. The second kappa shape index (κ2) is 5.34. The van der Waals surface area contributed by atoms with Gasteiger partial charge in [0.15, 0.2) is 0 Å². The maximum Gasteiger partial charge on any atom is 0.495 e. The average Bonchev–Trinajstić information content (AvgIpc) is 2.59. The van der Waals surface area contributed by atoms with Crippen molar-refractivity contribution in [3.8, 4) is 0 Å². The number of hydrogen-bond donors (Lipinski definition) is 1. The SMILES string of the molecule is COC(=O)c1cc(S)cc(B2OC(C)(C)C(C)(C)O2)c1C. The molecule has 0 bridgehead atoms. The molecule has 0 amide bonds. The van der Waals surface area contributed by atoms with Crippen LogP contribution in [0, 0.1) is 6.92 Å². The van der Waals surface area contributed by atoms with Gasteiger partial charge in [0.1, 0.15) is 0 Å². The standard InChI is InChI=1S/C15H21BO4S/c1-9-11(13(17)18-6)7-10(21)8-12(9)16-19-14(2,3)15(4,5)20-16/h7-8,21H,1-6H3. The second-order valence-electron chi connectivity index (χ2n) is 6.29. The Balaban J connectivity index is 2.47. The van der Waals surface area contributed by atoms with Crippen molar-refractivity contribution in [2.24, 2.45) is 0 Å². The Bertz CT molecular complexity index is 567. The molecular weight excluding hydrogens is 287 g/mol. The first-order valence-corrected chi connectivity index (χ1v) is 7.31. The van der Waals surface area contributed by atoms with E-state index >= 15 is 0 Å². The molecule has 6 heteroatoms. The van der Waals surface area contributed by atoms with E-state index in [4.69, 9.17) is 14.0 Å². The van der Waals surface area contributed by atoms with Crippen molar-refractivity contribution in [2.75, 3.05) is 7.11 Å². The fourth-order valence-corrected chi connectivity index (χ4v) is 2.53. The molecule has 0 N–H and O–H groups in total. The lowest BCUT2D eigenvalue weighted by Crippen LogP contribution is -2.41. The van der Waals surface area contributed by atoms with E-state index in [-0.39, 0.29) is 5.97 Å². The van der Waals surface area contributed by atoms with Crippen molar-refractivity contribution in [1.82, 2.24) is 0 Å². The first kappa shape index (κ1) is 16.4. The molecule has 0 unspecified atom stereocenters. The number of ether oxygens (including phenoxy) is 1. The van der Waals surface area contributed by atoms with Crippen LogP contribution in [0.4, 0.5) is 0 Å². The largest absolute Gasteiger partial charge is 0.495 e. The van der Waals surface area contributed by atoms with Gasteiger partial charge in [0.25, 0.3) is 0 Å². The van der Waals surface area contributed by atoms with Gasteiger partial charge in [-0.1, -0.05) is 0 Å². The van der Waals surface area contributed by atoms with Crippen molar-refractivity contribution in [3.63, 3.8) is 0 Å². The van der Waals surface area contributed by atoms with Crippen LogP contribution in [0.2, 0.25) is 0 Å². The molecular formula is C15H21BO4S. The van der Waals surface area contributed by atoms with Gasteiger partial charge in [-0.15, -0.1) is 12.6 Å². The van der Waals surface area contributed by atoms with Crippen molar-refractivity contribution in [2.45, 2.75) is 50.7 Å². The van der Waals surface area contributed by atoms with Gasteiger partial charge in [-0.2, -0.15) is 0 Å². The van der Waals surface area contributed by atoms with Gasteiger partial charge in [0, 0.05) is 4.90 Å².